The molecule has 236 valence electrons. The molecule has 0 fully saturated rings. The molecule has 0 bridgehead atoms. The SMILES string of the molecule is COC(=O)[C@]1(c2ccccc2)[C@H](c2ccc(F)cc2)c2ccccc2[C@@H](C(=O)OCc2ccccc2)N1C(=O)OCc1ccccc1. The van der Waals surface area contributed by atoms with Crippen molar-refractivity contribution in [3.63, 3.8) is 0 Å². The van der Waals surface area contributed by atoms with Crippen molar-refractivity contribution in [1.29, 1.82) is 0 Å². The Labute approximate surface area is 272 Å². The van der Waals surface area contributed by atoms with E-state index in [1.165, 1.54) is 19.2 Å². The molecule has 0 saturated carbocycles. The maximum atomic E-state index is 14.6. The van der Waals surface area contributed by atoms with Gasteiger partial charge in [-0.3, -0.25) is 4.90 Å². The number of rotatable bonds is 8. The first-order valence-electron chi connectivity index (χ1n) is 15.1. The molecule has 3 atom stereocenters. The van der Waals surface area contributed by atoms with Crippen LogP contribution < -0.4 is 0 Å². The van der Waals surface area contributed by atoms with Gasteiger partial charge in [-0.15, -0.1) is 0 Å². The van der Waals surface area contributed by atoms with Crippen molar-refractivity contribution < 1.29 is 33.0 Å². The van der Waals surface area contributed by atoms with Gasteiger partial charge in [0.15, 0.2) is 11.6 Å². The Morgan fingerprint density at radius 3 is 1.74 bits per heavy atom. The van der Waals surface area contributed by atoms with Gasteiger partial charge in [0.2, 0.25) is 0 Å². The molecule has 47 heavy (non-hydrogen) atoms. The number of benzene rings is 5. The van der Waals surface area contributed by atoms with Crippen LogP contribution in [0.5, 0.6) is 0 Å². The second-order valence-corrected chi connectivity index (χ2v) is 11.1. The minimum absolute atomic E-state index is 0.0663. The van der Waals surface area contributed by atoms with E-state index in [2.05, 4.69) is 0 Å². The molecule has 6 rings (SSSR count). The number of carbonyl (C=O) groups excluding carboxylic acids is 3. The minimum atomic E-state index is -1.99. The van der Waals surface area contributed by atoms with Crippen molar-refractivity contribution in [3.8, 4) is 0 Å². The zero-order chi connectivity index (χ0) is 32.8. The number of ether oxygens (including phenoxy) is 3. The average Bonchev–Trinajstić information content (AvgIpc) is 3.13. The highest BCUT2D eigenvalue weighted by Gasteiger charge is 2.63. The van der Waals surface area contributed by atoms with Crippen molar-refractivity contribution in [2.24, 2.45) is 0 Å². The Bertz CT molecular complexity index is 1850. The van der Waals surface area contributed by atoms with Crippen LogP contribution in [0, 0.1) is 5.82 Å². The number of nitrogens with zero attached hydrogens (tertiary/aromatic N) is 1. The summed E-state index contributed by atoms with van der Waals surface area (Å²) < 4.78 is 31.6. The second-order valence-electron chi connectivity index (χ2n) is 11.1. The fourth-order valence-electron chi connectivity index (χ4n) is 6.37. The maximum Gasteiger partial charge on any atom is 0.412 e. The van der Waals surface area contributed by atoms with E-state index in [0.717, 1.165) is 10.5 Å². The van der Waals surface area contributed by atoms with Gasteiger partial charge in [-0.05, 0) is 45.5 Å². The molecule has 1 heterocycles. The van der Waals surface area contributed by atoms with Crippen molar-refractivity contribution in [3.05, 3.63) is 179 Å². The highest BCUT2D eigenvalue weighted by molar-refractivity contribution is 5.94. The lowest BCUT2D eigenvalue weighted by Crippen LogP contribution is -2.63. The predicted molar refractivity (Wildman–Crippen MR) is 172 cm³/mol. The molecule has 0 saturated heterocycles. The zero-order valence-electron chi connectivity index (χ0n) is 25.6. The third-order valence-electron chi connectivity index (χ3n) is 8.42. The van der Waals surface area contributed by atoms with Crippen molar-refractivity contribution in [1.82, 2.24) is 4.90 Å². The number of hydrogen-bond acceptors (Lipinski definition) is 6. The smallest absolute Gasteiger partial charge is 0.412 e. The summed E-state index contributed by atoms with van der Waals surface area (Å²) in [5.41, 5.74) is 1.36. The Morgan fingerprint density at radius 1 is 0.660 bits per heavy atom. The van der Waals surface area contributed by atoms with Crippen molar-refractivity contribution >= 4 is 18.0 Å². The van der Waals surface area contributed by atoms with Gasteiger partial charge in [0.1, 0.15) is 19.0 Å². The van der Waals surface area contributed by atoms with E-state index >= 15 is 0 Å². The summed E-state index contributed by atoms with van der Waals surface area (Å²) in [4.78, 5) is 44.7. The van der Waals surface area contributed by atoms with Crippen LogP contribution in [0.3, 0.4) is 0 Å². The van der Waals surface area contributed by atoms with Crippen molar-refractivity contribution in [2.45, 2.75) is 30.7 Å². The second kappa shape index (κ2) is 13.7. The van der Waals surface area contributed by atoms with Gasteiger partial charge in [0.05, 0.1) is 7.11 Å². The first-order valence-corrected chi connectivity index (χ1v) is 15.1. The molecule has 8 heteroatoms. The van der Waals surface area contributed by atoms with Crippen LogP contribution in [0.4, 0.5) is 9.18 Å². The van der Waals surface area contributed by atoms with Gasteiger partial charge < -0.3 is 14.2 Å². The third kappa shape index (κ3) is 5.97. The molecule has 0 aromatic heterocycles. The molecule has 5 aromatic rings. The molecule has 0 aliphatic carbocycles. The fourth-order valence-corrected chi connectivity index (χ4v) is 6.37. The molecular weight excluding hydrogens is 597 g/mol. The largest absolute Gasteiger partial charge is 0.467 e. The van der Waals surface area contributed by atoms with E-state index in [0.29, 0.717) is 27.8 Å². The van der Waals surface area contributed by atoms with E-state index in [1.54, 1.807) is 78.9 Å². The van der Waals surface area contributed by atoms with Gasteiger partial charge in [-0.25, -0.2) is 18.8 Å². The Hall–Kier alpha value is -5.76. The monoisotopic (exact) mass is 629 g/mol. The summed E-state index contributed by atoms with van der Waals surface area (Å²) >= 11 is 0. The average molecular weight is 630 g/mol. The van der Waals surface area contributed by atoms with Gasteiger partial charge in [0, 0.05) is 5.92 Å². The van der Waals surface area contributed by atoms with Gasteiger partial charge in [-0.1, -0.05) is 127 Å². The first kappa shape index (κ1) is 31.2. The van der Waals surface area contributed by atoms with Crippen LogP contribution in [0.2, 0.25) is 0 Å². The van der Waals surface area contributed by atoms with Crippen LogP contribution in [-0.4, -0.2) is 30.0 Å². The minimum Gasteiger partial charge on any atom is -0.467 e. The summed E-state index contributed by atoms with van der Waals surface area (Å²) in [5, 5.41) is 0. The van der Waals surface area contributed by atoms with Crippen LogP contribution in [0.15, 0.2) is 140 Å². The lowest BCUT2D eigenvalue weighted by Gasteiger charge is -2.52. The normalized spacial score (nSPS) is 18.5. The predicted octanol–water partition coefficient (Wildman–Crippen LogP) is 7.46. The number of hydrogen-bond donors (Lipinski definition) is 0. The van der Waals surface area contributed by atoms with Gasteiger partial charge in [0.25, 0.3) is 0 Å². The van der Waals surface area contributed by atoms with Crippen molar-refractivity contribution in [2.75, 3.05) is 7.11 Å². The standard InChI is InChI=1S/C39H32FNO6/c1-45-37(43)39(30-17-9-4-10-18-30)34(29-21-23-31(40)24-22-29)32-19-11-12-20-33(32)35(36(42)46-25-27-13-5-2-6-14-27)41(39)38(44)47-26-28-15-7-3-8-16-28/h2-24,34-35H,25-26H2,1H3/t34-,35+,39+/m1/s1. The molecule has 7 nitrogen and oxygen atoms in total. The van der Waals surface area contributed by atoms with E-state index in [1.807, 2.05) is 48.5 Å². The van der Waals surface area contributed by atoms with Crippen LogP contribution in [0.1, 0.15) is 45.3 Å². The Kier molecular flexibility index (Phi) is 9.11. The highest BCUT2D eigenvalue weighted by atomic mass is 19.1. The lowest BCUT2D eigenvalue weighted by atomic mass is 9.65. The fraction of sp³-hybridized carbons (Fsp3) is 0.154. The van der Waals surface area contributed by atoms with Gasteiger partial charge in [-0.2, -0.15) is 0 Å². The Balaban J connectivity index is 1.60. The van der Waals surface area contributed by atoms with Crippen LogP contribution in [0.25, 0.3) is 0 Å². The number of fused-ring (bicyclic) bond motifs is 1. The van der Waals surface area contributed by atoms with E-state index in [-0.39, 0.29) is 13.2 Å². The van der Waals surface area contributed by atoms with Crippen LogP contribution in [-0.2, 0) is 42.6 Å². The summed E-state index contributed by atoms with van der Waals surface area (Å²) in [6.45, 7) is -0.194. The summed E-state index contributed by atoms with van der Waals surface area (Å²) in [5.74, 6) is -3.00. The van der Waals surface area contributed by atoms with Gasteiger partial charge >= 0.3 is 18.0 Å². The Morgan fingerprint density at radius 2 is 1.17 bits per heavy atom. The van der Waals surface area contributed by atoms with E-state index in [4.69, 9.17) is 14.2 Å². The number of halogens is 1. The third-order valence-corrected chi connectivity index (χ3v) is 8.42. The zero-order valence-corrected chi connectivity index (χ0v) is 25.6. The molecular formula is C39H32FNO6. The number of esters is 2. The van der Waals surface area contributed by atoms with E-state index in [9.17, 15) is 18.8 Å². The number of amides is 1. The molecule has 1 aliphatic rings. The highest BCUT2D eigenvalue weighted by Crippen LogP contribution is 2.56. The maximum absolute atomic E-state index is 14.6. The van der Waals surface area contributed by atoms with E-state index < -0.39 is 41.3 Å². The quantitative estimate of drug-likeness (QED) is 0.131. The molecule has 0 N–H and O–H groups in total. The number of methoxy groups -OCH3 is 1. The lowest BCUT2D eigenvalue weighted by molar-refractivity contribution is -0.167. The molecule has 1 aliphatic heterocycles. The first-order chi connectivity index (χ1) is 22.9. The topological polar surface area (TPSA) is 82.1 Å². The molecule has 0 radical (unpaired) electrons. The number of carbonyl (C=O) groups is 3. The summed E-state index contributed by atoms with van der Waals surface area (Å²) in [6.07, 6.45) is -0.939. The summed E-state index contributed by atoms with van der Waals surface area (Å²) in [6, 6.07) is 38.3. The molecule has 1 amide bonds. The molecule has 0 unspecified atom stereocenters. The summed E-state index contributed by atoms with van der Waals surface area (Å²) in [7, 11) is 1.23. The molecule has 5 aromatic carbocycles. The van der Waals surface area contributed by atoms with Crippen LogP contribution >= 0.6 is 0 Å². The molecule has 0 spiro atoms.